The number of aliphatic hydroxyl groups is 1. The highest BCUT2D eigenvalue weighted by Gasteiger charge is 2.76. The maximum atomic E-state index is 14.3. The molecule has 0 saturated carbocycles. The summed E-state index contributed by atoms with van der Waals surface area (Å²) in [6.07, 6.45) is 1.59. The quantitative estimate of drug-likeness (QED) is 0.471. The fraction of sp³-hybridized carbons (Fsp3) is 0.483. The molecule has 37 heavy (non-hydrogen) atoms. The molecule has 1 spiro atoms. The van der Waals surface area contributed by atoms with Crippen molar-refractivity contribution in [2.45, 2.75) is 55.3 Å². The van der Waals surface area contributed by atoms with Gasteiger partial charge in [-0.3, -0.25) is 14.4 Å². The number of hydrogen-bond donors (Lipinski definition) is 3. The van der Waals surface area contributed by atoms with Crippen molar-refractivity contribution in [3.8, 4) is 0 Å². The van der Waals surface area contributed by atoms with Crippen LogP contribution < -0.4 is 10.6 Å². The molecule has 7 nitrogen and oxygen atoms in total. The fourth-order valence-corrected chi connectivity index (χ4v) is 9.08. The van der Waals surface area contributed by atoms with Crippen LogP contribution in [0.2, 0.25) is 0 Å². The van der Waals surface area contributed by atoms with E-state index in [-0.39, 0.29) is 35.5 Å². The number of amides is 3. The number of carbonyl (C=O) groups excluding carboxylic acids is 3. The SMILES string of the molecule is CCCNC(=O)[C@@H]1[C@@H]2CC(C)C3(S2)C(C(=O)NCc2ccccc2)N([C@H](CO)c2ccccc2)C(=O)[C@H]13. The average molecular weight is 522 g/mol. The normalized spacial score (nSPS) is 30.7. The van der Waals surface area contributed by atoms with Crippen LogP contribution in [-0.2, 0) is 20.9 Å². The summed E-state index contributed by atoms with van der Waals surface area (Å²) >= 11 is 1.65. The molecular weight excluding hydrogens is 486 g/mol. The first-order valence-corrected chi connectivity index (χ1v) is 14.1. The van der Waals surface area contributed by atoms with Gasteiger partial charge in [-0.25, -0.2) is 0 Å². The summed E-state index contributed by atoms with van der Waals surface area (Å²) < 4.78 is -0.723. The first-order chi connectivity index (χ1) is 17.9. The molecule has 3 fully saturated rings. The Labute approximate surface area is 222 Å². The molecule has 2 bridgehead atoms. The zero-order chi connectivity index (χ0) is 26.2. The standard InChI is InChI=1S/C29H35N3O4S/c1-3-14-30-26(34)23-22-15-18(2)29(37-22)24(23)28(36)32(21(17-33)20-12-8-5-9-13-20)25(29)27(35)31-16-19-10-6-4-7-11-19/h4-13,18,21-25,33H,3,14-17H2,1-2H3,(H,30,34)(H,31,35)/t18?,21-,22+,23-,24+,25?,29?/m1/s1. The van der Waals surface area contributed by atoms with E-state index in [1.165, 1.54) is 0 Å². The topological polar surface area (TPSA) is 98.7 Å². The van der Waals surface area contributed by atoms with Crippen LogP contribution in [0.25, 0.3) is 0 Å². The zero-order valence-corrected chi connectivity index (χ0v) is 22.1. The second-order valence-corrected chi connectivity index (χ2v) is 11.9. The maximum Gasteiger partial charge on any atom is 0.244 e. The maximum absolute atomic E-state index is 14.3. The Kier molecular flexibility index (Phi) is 7.32. The molecule has 3 N–H and O–H groups in total. The summed E-state index contributed by atoms with van der Waals surface area (Å²) in [5.41, 5.74) is 1.74. The Bertz CT molecular complexity index is 1150. The van der Waals surface area contributed by atoms with Crippen LogP contribution in [-0.4, -0.2) is 56.9 Å². The van der Waals surface area contributed by atoms with Crippen LogP contribution in [0, 0.1) is 17.8 Å². The van der Waals surface area contributed by atoms with E-state index in [0.29, 0.717) is 13.1 Å². The van der Waals surface area contributed by atoms with E-state index in [9.17, 15) is 19.5 Å². The lowest BCUT2D eigenvalue weighted by Gasteiger charge is -2.40. The van der Waals surface area contributed by atoms with E-state index in [1.807, 2.05) is 67.6 Å². The van der Waals surface area contributed by atoms with Gasteiger partial charge in [-0.1, -0.05) is 74.5 Å². The minimum absolute atomic E-state index is 0.00307. The second-order valence-electron chi connectivity index (χ2n) is 10.4. The molecule has 2 aromatic carbocycles. The highest BCUT2D eigenvalue weighted by Crippen LogP contribution is 2.69. The highest BCUT2D eigenvalue weighted by atomic mass is 32.2. The van der Waals surface area contributed by atoms with Crippen molar-refractivity contribution < 1.29 is 19.5 Å². The predicted octanol–water partition coefficient (Wildman–Crippen LogP) is 2.90. The van der Waals surface area contributed by atoms with Crippen LogP contribution in [0.5, 0.6) is 0 Å². The molecule has 8 heteroatoms. The van der Waals surface area contributed by atoms with Crippen molar-refractivity contribution in [1.29, 1.82) is 0 Å². The molecule has 196 valence electrons. The molecule has 0 aliphatic carbocycles. The lowest BCUT2D eigenvalue weighted by Crippen LogP contribution is -2.57. The van der Waals surface area contributed by atoms with Gasteiger partial charge in [0.15, 0.2) is 0 Å². The summed E-state index contributed by atoms with van der Waals surface area (Å²) in [5.74, 6) is -1.56. The zero-order valence-electron chi connectivity index (χ0n) is 21.3. The number of aliphatic hydroxyl groups excluding tert-OH is 1. The molecule has 3 heterocycles. The van der Waals surface area contributed by atoms with E-state index in [2.05, 4.69) is 17.6 Å². The first kappa shape index (κ1) is 25.8. The van der Waals surface area contributed by atoms with Gasteiger partial charge in [0.05, 0.1) is 29.2 Å². The van der Waals surface area contributed by atoms with Crippen molar-refractivity contribution in [2.75, 3.05) is 13.2 Å². The Balaban J connectivity index is 1.55. The number of thioether (sulfide) groups is 1. The van der Waals surface area contributed by atoms with Crippen molar-refractivity contribution in [3.05, 3.63) is 71.8 Å². The van der Waals surface area contributed by atoms with Crippen molar-refractivity contribution in [2.24, 2.45) is 17.8 Å². The molecule has 0 aromatic heterocycles. The Morgan fingerprint density at radius 2 is 1.76 bits per heavy atom. The molecule has 0 radical (unpaired) electrons. The van der Waals surface area contributed by atoms with E-state index in [4.69, 9.17) is 0 Å². The molecule has 3 unspecified atom stereocenters. The number of benzene rings is 2. The van der Waals surface area contributed by atoms with Crippen molar-refractivity contribution >= 4 is 29.5 Å². The van der Waals surface area contributed by atoms with Gasteiger partial charge in [0.25, 0.3) is 0 Å². The monoisotopic (exact) mass is 521 g/mol. The van der Waals surface area contributed by atoms with Gasteiger partial charge in [-0.2, -0.15) is 0 Å². The van der Waals surface area contributed by atoms with E-state index in [0.717, 1.165) is 24.0 Å². The van der Waals surface area contributed by atoms with Gasteiger partial charge >= 0.3 is 0 Å². The van der Waals surface area contributed by atoms with Gasteiger partial charge in [-0.05, 0) is 29.9 Å². The molecule has 3 saturated heterocycles. The van der Waals surface area contributed by atoms with E-state index >= 15 is 0 Å². The molecule has 3 amide bonds. The number of rotatable bonds is 9. The predicted molar refractivity (Wildman–Crippen MR) is 143 cm³/mol. The fourth-order valence-electron chi connectivity index (χ4n) is 6.67. The smallest absolute Gasteiger partial charge is 0.244 e. The molecular formula is C29H35N3O4S. The number of nitrogens with one attached hydrogen (secondary N) is 2. The summed E-state index contributed by atoms with van der Waals surface area (Å²) in [4.78, 5) is 43.3. The number of hydrogen-bond acceptors (Lipinski definition) is 5. The van der Waals surface area contributed by atoms with E-state index < -0.39 is 28.7 Å². The Morgan fingerprint density at radius 3 is 2.41 bits per heavy atom. The summed E-state index contributed by atoms with van der Waals surface area (Å²) in [7, 11) is 0. The van der Waals surface area contributed by atoms with Crippen LogP contribution in [0.3, 0.4) is 0 Å². The Morgan fingerprint density at radius 1 is 1.08 bits per heavy atom. The third kappa shape index (κ3) is 4.24. The van der Waals surface area contributed by atoms with Gasteiger partial charge in [0.1, 0.15) is 6.04 Å². The molecule has 2 aromatic rings. The lowest BCUT2D eigenvalue weighted by molar-refractivity contribution is -0.143. The number of nitrogens with zero attached hydrogens (tertiary/aromatic N) is 1. The number of likely N-dealkylation sites (tertiary alicyclic amines) is 1. The third-order valence-electron chi connectivity index (χ3n) is 8.29. The van der Waals surface area contributed by atoms with Crippen molar-refractivity contribution in [1.82, 2.24) is 15.5 Å². The molecule has 3 aliphatic heterocycles. The van der Waals surface area contributed by atoms with Gasteiger partial charge < -0.3 is 20.6 Å². The average Bonchev–Trinajstić information content (AvgIpc) is 3.51. The summed E-state index contributed by atoms with van der Waals surface area (Å²) in [6.45, 7) is 4.70. The highest BCUT2D eigenvalue weighted by molar-refractivity contribution is 8.02. The number of carbonyl (C=O) groups is 3. The number of fused-ring (bicyclic) bond motifs is 1. The summed E-state index contributed by atoms with van der Waals surface area (Å²) in [5, 5.41) is 16.6. The van der Waals surface area contributed by atoms with E-state index in [1.54, 1.807) is 16.7 Å². The van der Waals surface area contributed by atoms with Crippen LogP contribution >= 0.6 is 11.8 Å². The van der Waals surface area contributed by atoms with Crippen LogP contribution in [0.1, 0.15) is 43.9 Å². The largest absolute Gasteiger partial charge is 0.394 e. The third-order valence-corrected chi connectivity index (χ3v) is 10.4. The van der Waals surface area contributed by atoms with Gasteiger partial charge in [0, 0.05) is 18.3 Å². The molecule has 7 atom stereocenters. The lowest BCUT2D eigenvalue weighted by atomic mass is 9.66. The van der Waals surface area contributed by atoms with Gasteiger partial charge in [-0.15, -0.1) is 11.8 Å². The van der Waals surface area contributed by atoms with Crippen LogP contribution in [0.4, 0.5) is 0 Å². The Hall–Kier alpha value is -2.84. The summed E-state index contributed by atoms with van der Waals surface area (Å²) in [6, 6.07) is 17.6. The minimum Gasteiger partial charge on any atom is -0.394 e. The minimum atomic E-state index is -0.792. The van der Waals surface area contributed by atoms with Crippen LogP contribution in [0.15, 0.2) is 60.7 Å². The van der Waals surface area contributed by atoms with Crippen molar-refractivity contribution in [3.63, 3.8) is 0 Å². The first-order valence-electron chi connectivity index (χ1n) is 13.2. The second kappa shape index (κ2) is 10.5. The van der Waals surface area contributed by atoms with Gasteiger partial charge in [0.2, 0.25) is 17.7 Å². The molecule has 5 rings (SSSR count). The molecule has 3 aliphatic rings.